The highest BCUT2D eigenvalue weighted by atomic mass is 32.2. The molecule has 0 aliphatic heterocycles. The molecular formula is C13H24N2O3S2. The molecule has 5 nitrogen and oxygen atoms in total. The predicted octanol–water partition coefficient (Wildman–Crippen LogP) is 1.90. The highest BCUT2D eigenvalue weighted by Crippen LogP contribution is 2.23. The Balaban J connectivity index is 2.64. The summed E-state index contributed by atoms with van der Waals surface area (Å²) in [5.41, 5.74) is 1.00. The molecule has 0 aliphatic rings. The lowest BCUT2D eigenvalue weighted by molar-refractivity contribution is 0.0737. The molecule has 0 saturated carbocycles. The predicted molar refractivity (Wildman–Crippen MR) is 82.6 cm³/mol. The summed E-state index contributed by atoms with van der Waals surface area (Å²) >= 11 is 1.26. The summed E-state index contributed by atoms with van der Waals surface area (Å²) in [6, 6.07) is 1.74. The first kappa shape index (κ1) is 17.6. The molecule has 1 aromatic rings. The van der Waals surface area contributed by atoms with Crippen LogP contribution < -0.4 is 5.32 Å². The molecule has 20 heavy (non-hydrogen) atoms. The van der Waals surface area contributed by atoms with Crippen molar-refractivity contribution in [2.75, 3.05) is 26.7 Å². The van der Waals surface area contributed by atoms with Crippen molar-refractivity contribution in [3.05, 3.63) is 17.0 Å². The van der Waals surface area contributed by atoms with Crippen molar-refractivity contribution in [1.82, 2.24) is 9.62 Å². The second-order valence-corrected chi connectivity index (χ2v) is 7.98. The van der Waals surface area contributed by atoms with Crippen LogP contribution in [0.25, 0.3) is 0 Å². The second-order valence-electron chi connectivity index (χ2n) is 4.80. The van der Waals surface area contributed by atoms with Gasteiger partial charge in [0.25, 0.3) is 10.0 Å². The topological polar surface area (TPSA) is 58.6 Å². The summed E-state index contributed by atoms with van der Waals surface area (Å²) < 4.78 is 31.8. The van der Waals surface area contributed by atoms with Gasteiger partial charge in [-0.05, 0) is 37.4 Å². The van der Waals surface area contributed by atoms with E-state index in [9.17, 15) is 8.42 Å². The van der Waals surface area contributed by atoms with Gasteiger partial charge in [-0.1, -0.05) is 6.92 Å². The molecule has 0 radical (unpaired) electrons. The SMILES string of the molecule is CCNCc1csc(S(=O)(=O)N(C)CCOC(C)C)c1. The van der Waals surface area contributed by atoms with Gasteiger partial charge >= 0.3 is 0 Å². The van der Waals surface area contributed by atoms with Crippen molar-refractivity contribution < 1.29 is 13.2 Å². The summed E-state index contributed by atoms with van der Waals surface area (Å²) in [4.78, 5) is 0. The van der Waals surface area contributed by atoms with Gasteiger partial charge in [-0.25, -0.2) is 8.42 Å². The van der Waals surface area contributed by atoms with Crippen molar-refractivity contribution in [2.45, 2.75) is 37.6 Å². The fourth-order valence-corrected chi connectivity index (χ4v) is 4.11. The van der Waals surface area contributed by atoms with Crippen LogP contribution in [-0.2, 0) is 21.3 Å². The van der Waals surface area contributed by atoms with Gasteiger partial charge in [-0.2, -0.15) is 4.31 Å². The first-order valence-electron chi connectivity index (χ1n) is 6.74. The molecule has 0 aromatic carbocycles. The zero-order chi connectivity index (χ0) is 15.2. The molecular weight excluding hydrogens is 296 g/mol. The van der Waals surface area contributed by atoms with Crippen LogP contribution in [0.2, 0.25) is 0 Å². The molecule has 1 aromatic heterocycles. The maximum Gasteiger partial charge on any atom is 0.252 e. The van der Waals surface area contributed by atoms with Crippen LogP contribution >= 0.6 is 11.3 Å². The third kappa shape index (κ3) is 5.14. The molecule has 0 unspecified atom stereocenters. The van der Waals surface area contributed by atoms with E-state index in [1.165, 1.54) is 15.6 Å². The van der Waals surface area contributed by atoms with Crippen molar-refractivity contribution >= 4 is 21.4 Å². The number of hydrogen-bond acceptors (Lipinski definition) is 5. The van der Waals surface area contributed by atoms with Gasteiger partial charge in [0.05, 0.1) is 12.7 Å². The number of ether oxygens (including phenoxy) is 1. The monoisotopic (exact) mass is 320 g/mol. The molecule has 0 spiro atoms. The molecule has 0 saturated heterocycles. The molecule has 1 rings (SSSR count). The number of nitrogens with one attached hydrogen (secondary N) is 1. The molecule has 1 heterocycles. The van der Waals surface area contributed by atoms with E-state index in [2.05, 4.69) is 5.32 Å². The van der Waals surface area contributed by atoms with Gasteiger partial charge in [0.1, 0.15) is 4.21 Å². The highest BCUT2D eigenvalue weighted by Gasteiger charge is 2.22. The van der Waals surface area contributed by atoms with Crippen molar-refractivity contribution in [1.29, 1.82) is 0 Å². The van der Waals surface area contributed by atoms with Crippen molar-refractivity contribution in [3.63, 3.8) is 0 Å². The van der Waals surface area contributed by atoms with Crippen molar-refractivity contribution in [2.24, 2.45) is 0 Å². The fraction of sp³-hybridized carbons (Fsp3) is 0.692. The third-order valence-corrected chi connectivity index (χ3v) is 6.05. The normalized spacial score (nSPS) is 12.5. The average molecular weight is 320 g/mol. The van der Waals surface area contributed by atoms with Gasteiger partial charge in [0, 0.05) is 20.1 Å². The number of nitrogens with zero attached hydrogens (tertiary/aromatic N) is 1. The molecule has 1 N–H and O–H groups in total. The first-order chi connectivity index (χ1) is 9.37. The van der Waals surface area contributed by atoms with E-state index < -0.39 is 10.0 Å². The number of hydrogen-bond donors (Lipinski definition) is 1. The Bertz CT molecular complexity index is 497. The van der Waals surface area contributed by atoms with Crippen LogP contribution in [-0.4, -0.2) is 45.6 Å². The molecule has 0 fully saturated rings. The summed E-state index contributed by atoms with van der Waals surface area (Å²) in [6.45, 7) is 8.21. The number of likely N-dealkylation sites (N-methyl/N-ethyl adjacent to an activating group) is 1. The Morgan fingerprint density at radius 1 is 1.45 bits per heavy atom. The number of sulfonamides is 1. The Morgan fingerprint density at radius 3 is 2.75 bits per heavy atom. The summed E-state index contributed by atoms with van der Waals surface area (Å²) in [7, 11) is -1.81. The maximum atomic E-state index is 12.4. The van der Waals surface area contributed by atoms with E-state index in [0.717, 1.165) is 12.1 Å². The van der Waals surface area contributed by atoms with Crippen molar-refractivity contribution in [3.8, 4) is 0 Å². The Labute approximate surface area is 126 Å². The van der Waals surface area contributed by atoms with E-state index in [-0.39, 0.29) is 6.10 Å². The lowest BCUT2D eigenvalue weighted by Gasteiger charge is -2.16. The first-order valence-corrected chi connectivity index (χ1v) is 9.06. The van der Waals surface area contributed by atoms with Crippen LogP contribution in [0.5, 0.6) is 0 Å². The molecule has 0 atom stereocenters. The fourth-order valence-electron chi connectivity index (χ4n) is 1.54. The minimum absolute atomic E-state index is 0.111. The third-order valence-electron chi connectivity index (χ3n) is 2.73. The molecule has 116 valence electrons. The largest absolute Gasteiger partial charge is 0.377 e. The molecule has 0 amide bonds. The van der Waals surface area contributed by atoms with E-state index in [1.807, 2.05) is 26.2 Å². The van der Waals surface area contributed by atoms with Gasteiger partial charge in [-0.15, -0.1) is 11.3 Å². The minimum atomic E-state index is -3.40. The maximum absolute atomic E-state index is 12.4. The van der Waals surface area contributed by atoms with Crippen LogP contribution in [0.1, 0.15) is 26.3 Å². The Morgan fingerprint density at radius 2 is 2.15 bits per heavy atom. The average Bonchev–Trinajstić information content (AvgIpc) is 2.85. The van der Waals surface area contributed by atoms with Crippen LogP contribution in [0.4, 0.5) is 0 Å². The van der Waals surface area contributed by atoms with Gasteiger partial charge in [-0.3, -0.25) is 0 Å². The van der Waals surface area contributed by atoms with Crippen LogP contribution in [0, 0.1) is 0 Å². The van der Waals surface area contributed by atoms with E-state index in [4.69, 9.17) is 4.74 Å². The highest BCUT2D eigenvalue weighted by molar-refractivity contribution is 7.91. The lowest BCUT2D eigenvalue weighted by Crippen LogP contribution is -2.30. The zero-order valence-corrected chi connectivity index (χ0v) is 14.2. The van der Waals surface area contributed by atoms with Crippen LogP contribution in [0.3, 0.4) is 0 Å². The number of thiophene rings is 1. The number of rotatable bonds is 9. The van der Waals surface area contributed by atoms with E-state index in [1.54, 1.807) is 13.1 Å². The van der Waals surface area contributed by atoms with Gasteiger partial charge in [0.2, 0.25) is 0 Å². The van der Waals surface area contributed by atoms with Gasteiger partial charge in [0.15, 0.2) is 0 Å². The van der Waals surface area contributed by atoms with Crippen LogP contribution in [0.15, 0.2) is 15.7 Å². The zero-order valence-electron chi connectivity index (χ0n) is 12.5. The Hall–Kier alpha value is -0.470. The lowest BCUT2D eigenvalue weighted by atomic mass is 10.3. The summed E-state index contributed by atoms with van der Waals surface area (Å²) in [5, 5.41) is 5.07. The van der Waals surface area contributed by atoms with E-state index >= 15 is 0 Å². The Kier molecular flexibility index (Phi) is 7.11. The van der Waals surface area contributed by atoms with Gasteiger partial charge < -0.3 is 10.1 Å². The smallest absolute Gasteiger partial charge is 0.252 e. The summed E-state index contributed by atoms with van der Waals surface area (Å²) in [5.74, 6) is 0. The second kappa shape index (κ2) is 8.09. The quantitative estimate of drug-likeness (QED) is 0.755. The standard InChI is InChI=1S/C13H24N2O3S2/c1-5-14-9-12-8-13(19-10-12)20(16,17)15(4)6-7-18-11(2)3/h8,10-11,14H,5-7,9H2,1-4H3. The molecule has 0 bridgehead atoms. The molecule has 7 heteroatoms. The molecule has 0 aliphatic carbocycles. The van der Waals surface area contributed by atoms with E-state index in [0.29, 0.717) is 23.9 Å². The minimum Gasteiger partial charge on any atom is -0.377 e. The summed E-state index contributed by atoms with van der Waals surface area (Å²) in [6.07, 6.45) is 0.111.